The van der Waals surface area contributed by atoms with Gasteiger partial charge in [-0.25, -0.2) is 0 Å². The minimum atomic E-state index is -0.121. The lowest BCUT2D eigenvalue weighted by molar-refractivity contribution is 0.127. The molecule has 0 aromatic carbocycles. The molecule has 0 amide bonds. The van der Waals surface area contributed by atoms with E-state index < -0.39 is 0 Å². The van der Waals surface area contributed by atoms with Crippen molar-refractivity contribution in [2.45, 2.75) is 50.5 Å². The molecule has 0 spiro atoms. The van der Waals surface area contributed by atoms with Crippen LogP contribution in [0.15, 0.2) is 0 Å². The molecule has 1 saturated heterocycles. The predicted molar refractivity (Wildman–Crippen MR) is 70.1 cm³/mol. The van der Waals surface area contributed by atoms with Gasteiger partial charge in [0.15, 0.2) is 0 Å². The molecule has 1 heterocycles. The molecule has 1 aliphatic rings. The summed E-state index contributed by atoms with van der Waals surface area (Å²) in [6.45, 7) is 8.34. The summed E-state index contributed by atoms with van der Waals surface area (Å²) < 4.78 is 5.54. The zero-order valence-electron chi connectivity index (χ0n) is 10.7. The smallest absolute Gasteiger partial charge is 0.0666 e. The van der Waals surface area contributed by atoms with Crippen molar-refractivity contribution in [2.75, 3.05) is 25.5 Å². The van der Waals surface area contributed by atoms with Crippen LogP contribution in [-0.4, -0.2) is 47.5 Å². The third kappa shape index (κ3) is 4.24. The standard InChI is InChI=1S/C12H25NO2S/c1-4-13-12(3,9-14)6-8-16-11-5-7-15-10(11)2/h10-11,13-14H,4-9H2,1-3H3. The second-order valence-electron chi connectivity index (χ2n) is 4.77. The maximum Gasteiger partial charge on any atom is 0.0666 e. The van der Waals surface area contributed by atoms with E-state index in [1.165, 1.54) is 6.42 Å². The Bertz CT molecular complexity index is 203. The summed E-state index contributed by atoms with van der Waals surface area (Å²) in [4.78, 5) is 0. The number of likely N-dealkylation sites (N-methyl/N-ethyl adjacent to an activating group) is 1. The zero-order chi connectivity index (χ0) is 12.0. The third-order valence-electron chi connectivity index (χ3n) is 3.24. The molecule has 0 saturated carbocycles. The largest absolute Gasteiger partial charge is 0.394 e. The highest BCUT2D eigenvalue weighted by Crippen LogP contribution is 2.27. The molecule has 0 aromatic rings. The Morgan fingerprint density at radius 2 is 2.31 bits per heavy atom. The fourth-order valence-corrected chi connectivity index (χ4v) is 3.50. The lowest BCUT2D eigenvalue weighted by Gasteiger charge is -2.28. The maximum absolute atomic E-state index is 9.36. The highest BCUT2D eigenvalue weighted by molar-refractivity contribution is 7.99. The lowest BCUT2D eigenvalue weighted by atomic mass is 10.0. The first-order chi connectivity index (χ1) is 7.61. The minimum absolute atomic E-state index is 0.121. The van der Waals surface area contributed by atoms with E-state index in [-0.39, 0.29) is 12.1 Å². The normalized spacial score (nSPS) is 29.2. The summed E-state index contributed by atoms with van der Waals surface area (Å²) in [5.74, 6) is 1.09. The van der Waals surface area contributed by atoms with Gasteiger partial charge in [-0.15, -0.1) is 0 Å². The van der Waals surface area contributed by atoms with Crippen molar-refractivity contribution < 1.29 is 9.84 Å². The first-order valence-electron chi connectivity index (χ1n) is 6.20. The van der Waals surface area contributed by atoms with Gasteiger partial charge in [0.25, 0.3) is 0 Å². The van der Waals surface area contributed by atoms with Crippen molar-refractivity contribution in [1.29, 1.82) is 0 Å². The van der Waals surface area contributed by atoms with Gasteiger partial charge in [0.2, 0.25) is 0 Å². The van der Waals surface area contributed by atoms with E-state index in [2.05, 4.69) is 26.1 Å². The summed E-state index contributed by atoms with van der Waals surface area (Å²) in [6.07, 6.45) is 2.57. The molecule has 1 rings (SSSR count). The summed E-state index contributed by atoms with van der Waals surface area (Å²) >= 11 is 1.98. The molecule has 0 aliphatic carbocycles. The topological polar surface area (TPSA) is 41.5 Å². The van der Waals surface area contributed by atoms with Gasteiger partial charge in [0, 0.05) is 17.4 Å². The summed E-state index contributed by atoms with van der Waals surface area (Å²) in [5, 5.41) is 13.4. The molecule has 2 N–H and O–H groups in total. The second-order valence-corrected chi connectivity index (χ2v) is 6.12. The lowest BCUT2D eigenvalue weighted by Crippen LogP contribution is -2.46. The van der Waals surface area contributed by atoms with Crippen LogP contribution in [0.5, 0.6) is 0 Å². The molecule has 3 atom stereocenters. The zero-order valence-corrected chi connectivity index (χ0v) is 11.5. The van der Waals surface area contributed by atoms with Gasteiger partial charge in [0.05, 0.1) is 12.7 Å². The van der Waals surface area contributed by atoms with Gasteiger partial charge in [-0.2, -0.15) is 11.8 Å². The molecule has 4 heteroatoms. The van der Waals surface area contributed by atoms with Crippen LogP contribution in [0.4, 0.5) is 0 Å². The second kappa shape index (κ2) is 6.84. The third-order valence-corrected chi connectivity index (χ3v) is 4.73. The van der Waals surface area contributed by atoms with Gasteiger partial charge in [-0.05, 0) is 39.0 Å². The van der Waals surface area contributed by atoms with Crippen LogP contribution in [-0.2, 0) is 4.74 Å². The van der Waals surface area contributed by atoms with E-state index in [0.717, 1.165) is 25.3 Å². The van der Waals surface area contributed by atoms with Crippen LogP contribution in [0.1, 0.15) is 33.6 Å². The Hall–Kier alpha value is 0.230. The van der Waals surface area contributed by atoms with Gasteiger partial charge in [-0.3, -0.25) is 0 Å². The molecule has 0 bridgehead atoms. The van der Waals surface area contributed by atoms with Gasteiger partial charge in [0.1, 0.15) is 0 Å². The van der Waals surface area contributed by atoms with E-state index in [1.54, 1.807) is 0 Å². The summed E-state index contributed by atoms with van der Waals surface area (Å²) in [6, 6.07) is 0. The molecule has 1 aliphatic heterocycles. The number of aliphatic hydroxyl groups excluding tert-OH is 1. The Kier molecular flexibility index (Phi) is 6.11. The van der Waals surface area contributed by atoms with E-state index in [0.29, 0.717) is 11.4 Å². The summed E-state index contributed by atoms with van der Waals surface area (Å²) in [7, 11) is 0. The molecule has 3 nitrogen and oxygen atoms in total. The molecule has 0 aromatic heterocycles. The average Bonchev–Trinajstić information content (AvgIpc) is 2.65. The Morgan fingerprint density at radius 3 is 2.81 bits per heavy atom. The first-order valence-corrected chi connectivity index (χ1v) is 7.25. The van der Waals surface area contributed by atoms with Crippen LogP contribution < -0.4 is 5.32 Å². The van der Waals surface area contributed by atoms with Crippen LogP contribution >= 0.6 is 11.8 Å². The average molecular weight is 247 g/mol. The molecule has 3 unspecified atom stereocenters. The fraction of sp³-hybridized carbons (Fsp3) is 1.00. The Labute approximate surface area is 103 Å². The summed E-state index contributed by atoms with van der Waals surface area (Å²) in [5.41, 5.74) is -0.121. The van der Waals surface area contributed by atoms with E-state index in [1.807, 2.05) is 11.8 Å². The van der Waals surface area contributed by atoms with Crippen molar-refractivity contribution in [3.63, 3.8) is 0 Å². The Balaban J connectivity index is 2.22. The molecular weight excluding hydrogens is 222 g/mol. The highest BCUT2D eigenvalue weighted by atomic mass is 32.2. The highest BCUT2D eigenvalue weighted by Gasteiger charge is 2.26. The van der Waals surface area contributed by atoms with Crippen LogP contribution in [0, 0.1) is 0 Å². The monoisotopic (exact) mass is 247 g/mol. The van der Waals surface area contributed by atoms with E-state index in [9.17, 15) is 5.11 Å². The molecule has 16 heavy (non-hydrogen) atoms. The SMILES string of the molecule is CCNC(C)(CO)CCSC1CCOC1C. The van der Waals surface area contributed by atoms with Crippen LogP contribution in [0.25, 0.3) is 0 Å². The van der Waals surface area contributed by atoms with E-state index in [4.69, 9.17) is 4.74 Å². The van der Waals surface area contributed by atoms with Gasteiger partial charge in [-0.1, -0.05) is 6.92 Å². The quantitative estimate of drug-likeness (QED) is 0.718. The number of aliphatic hydroxyl groups is 1. The van der Waals surface area contributed by atoms with Crippen molar-refractivity contribution >= 4 is 11.8 Å². The minimum Gasteiger partial charge on any atom is -0.394 e. The van der Waals surface area contributed by atoms with Crippen molar-refractivity contribution in [3.8, 4) is 0 Å². The number of rotatable bonds is 7. The number of ether oxygens (including phenoxy) is 1. The first kappa shape index (κ1) is 14.3. The van der Waals surface area contributed by atoms with Crippen molar-refractivity contribution in [1.82, 2.24) is 5.32 Å². The number of hydrogen-bond acceptors (Lipinski definition) is 4. The maximum atomic E-state index is 9.36. The molecule has 96 valence electrons. The van der Waals surface area contributed by atoms with Gasteiger partial charge < -0.3 is 15.2 Å². The predicted octanol–water partition coefficient (Wildman–Crippen LogP) is 1.65. The van der Waals surface area contributed by atoms with E-state index >= 15 is 0 Å². The Morgan fingerprint density at radius 1 is 1.56 bits per heavy atom. The van der Waals surface area contributed by atoms with Crippen LogP contribution in [0.3, 0.4) is 0 Å². The number of nitrogens with one attached hydrogen (secondary N) is 1. The molecular formula is C12H25NO2S. The van der Waals surface area contributed by atoms with Crippen molar-refractivity contribution in [2.24, 2.45) is 0 Å². The molecule has 1 fully saturated rings. The number of thioether (sulfide) groups is 1. The van der Waals surface area contributed by atoms with Crippen LogP contribution in [0.2, 0.25) is 0 Å². The number of hydrogen-bond donors (Lipinski definition) is 2. The fourth-order valence-electron chi connectivity index (χ4n) is 2.02. The van der Waals surface area contributed by atoms with Gasteiger partial charge >= 0.3 is 0 Å². The molecule has 0 radical (unpaired) electrons. The van der Waals surface area contributed by atoms with Crippen molar-refractivity contribution in [3.05, 3.63) is 0 Å².